The molecule has 6 nitrogen and oxygen atoms in total. The molecule has 0 aliphatic heterocycles. The maximum absolute atomic E-state index is 10.6. The molecule has 0 atom stereocenters. The van der Waals surface area contributed by atoms with Crippen LogP contribution in [-0.2, 0) is 0 Å². The minimum absolute atomic E-state index is 0.340. The van der Waals surface area contributed by atoms with E-state index in [4.69, 9.17) is 5.84 Å². The van der Waals surface area contributed by atoms with E-state index in [2.05, 4.69) is 10.3 Å². The number of aromatic nitrogens is 3. The molecule has 6 heteroatoms. The first-order chi connectivity index (χ1) is 4.34. The number of hydrogen-bond acceptors (Lipinski definition) is 5. The van der Waals surface area contributed by atoms with Crippen molar-refractivity contribution in [3.63, 3.8) is 0 Å². The van der Waals surface area contributed by atoms with Gasteiger partial charge in [0, 0.05) is 6.07 Å². The van der Waals surface area contributed by atoms with Crippen molar-refractivity contribution < 1.29 is 0 Å². The summed E-state index contributed by atoms with van der Waals surface area (Å²) in [5.41, 5.74) is 1.69. The summed E-state index contributed by atoms with van der Waals surface area (Å²) in [4.78, 5) is 11.4. The van der Waals surface area contributed by atoms with Crippen LogP contribution in [0.1, 0.15) is 0 Å². The van der Waals surface area contributed by atoms with E-state index >= 15 is 0 Å². The van der Waals surface area contributed by atoms with Crippen molar-refractivity contribution >= 4 is 0 Å². The van der Waals surface area contributed by atoms with Gasteiger partial charge in [0.25, 0.3) is 5.56 Å². The van der Waals surface area contributed by atoms with Gasteiger partial charge in [-0.1, -0.05) is 0 Å². The van der Waals surface area contributed by atoms with Gasteiger partial charge in [-0.05, 0) is 5.21 Å². The molecule has 0 unspecified atom stereocenters. The lowest BCUT2D eigenvalue weighted by Crippen LogP contribution is -2.35. The molecule has 0 bridgehead atoms. The van der Waals surface area contributed by atoms with Crippen LogP contribution in [0.5, 0.6) is 0 Å². The summed E-state index contributed by atoms with van der Waals surface area (Å²) in [5.74, 6) is 4.86. The van der Waals surface area contributed by atoms with Gasteiger partial charge in [-0.15, -0.1) is 9.89 Å². The molecule has 0 saturated heterocycles. The molecule has 1 aromatic rings. The third kappa shape index (κ3) is 1.03. The lowest BCUT2D eigenvalue weighted by molar-refractivity contribution is 0.636. The van der Waals surface area contributed by atoms with Crippen LogP contribution in [0.4, 0.5) is 0 Å². The van der Waals surface area contributed by atoms with Crippen LogP contribution < -0.4 is 16.9 Å². The second kappa shape index (κ2) is 2.23. The molecule has 0 spiro atoms. The number of hydrogen-bond donors (Lipinski definition) is 2. The molecule has 1 aromatic heterocycles. The van der Waals surface area contributed by atoms with Crippen molar-refractivity contribution in [2.24, 2.45) is 5.84 Å². The molecule has 0 amide bonds. The zero-order chi connectivity index (χ0) is 6.69. The van der Waals surface area contributed by atoms with E-state index < -0.39 is 0 Å². The van der Waals surface area contributed by atoms with Gasteiger partial charge in [0.15, 0.2) is 0 Å². The highest BCUT2D eigenvalue weighted by Crippen LogP contribution is 1.59. The fraction of sp³-hybridized carbons (Fsp3) is 0. The number of nitrogens with one attached hydrogen (secondary N) is 1. The quantitative estimate of drug-likeness (QED) is 0.338. The molecule has 0 fully saturated rings. The fourth-order valence-corrected chi connectivity index (χ4v) is 0.383. The van der Waals surface area contributed by atoms with Gasteiger partial charge in [-0.2, -0.15) is 0 Å². The highest BCUT2D eigenvalue weighted by molar-refractivity contribution is 4.77. The zero-order valence-electron chi connectivity index (χ0n) is 4.48. The Morgan fingerprint density at radius 3 is 3.00 bits per heavy atom. The maximum atomic E-state index is 10.6. The molecule has 0 radical (unpaired) electrons. The number of rotatable bonds is 1. The largest absolute Gasteiger partial charge is 0.290 e. The summed E-state index contributed by atoms with van der Waals surface area (Å²) >= 11 is 0. The molecule has 48 valence electrons. The Morgan fingerprint density at radius 2 is 2.56 bits per heavy atom. The Hall–Kier alpha value is -1.43. The van der Waals surface area contributed by atoms with Crippen molar-refractivity contribution in [2.75, 3.05) is 5.53 Å². The molecule has 1 rings (SSSR count). The van der Waals surface area contributed by atoms with Gasteiger partial charge in [0.05, 0.1) is 6.20 Å². The van der Waals surface area contributed by atoms with E-state index in [9.17, 15) is 4.79 Å². The summed E-state index contributed by atoms with van der Waals surface area (Å²) in [5, 5.41) is 6.70. The van der Waals surface area contributed by atoms with Crippen molar-refractivity contribution in [2.45, 2.75) is 0 Å². The van der Waals surface area contributed by atoms with Gasteiger partial charge < -0.3 is 0 Å². The van der Waals surface area contributed by atoms with E-state index in [1.807, 2.05) is 5.53 Å². The molecule has 0 aliphatic carbocycles. The monoisotopic (exact) mass is 127 g/mol. The fourth-order valence-electron chi connectivity index (χ4n) is 0.383. The zero-order valence-corrected chi connectivity index (χ0v) is 4.48. The predicted octanol–water partition coefficient (Wildman–Crippen LogP) is -1.94. The van der Waals surface area contributed by atoms with Crippen molar-refractivity contribution in [1.82, 2.24) is 15.1 Å². The number of hydrazine groups is 1. The summed E-state index contributed by atoms with van der Waals surface area (Å²) < 4.78 is 0. The minimum Gasteiger partial charge on any atom is -0.266 e. The minimum atomic E-state index is -0.340. The molecular weight excluding hydrogens is 122 g/mol. The van der Waals surface area contributed by atoms with Crippen LogP contribution in [0.2, 0.25) is 0 Å². The van der Waals surface area contributed by atoms with Crippen LogP contribution in [0, 0.1) is 0 Å². The molecule has 0 aromatic carbocycles. The first-order valence-electron chi connectivity index (χ1n) is 2.22. The third-order valence-electron chi connectivity index (χ3n) is 0.756. The first-order valence-corrected chi connectivity index (χ1v) is 2.22. The number of nitrogens with two attached hydrogens (primary N) is 1. The number of nitrogen functional groups attached to an aromatic ring is 1. The smallest absolute Gasteiger partial charge is 0.266 e. The van der Waals surface area contributed by atoms with Crippen molar-refractivity contribution in [1.29, 1.82) is 0 Å². The topological polar surface area (TPSA) is 85.8 Å². The SMILES string of the molecule is NNn1nnccc1=O. The third-order valence-corrected chi connectivity index (χ3v) is 0.756. The van der Waals surface area contributed by atoms with E-state index in [1.165, 1.54) is 12.3 Å². The summed E-state index contributed by atoms with van der Waals surface area (Å²) in [7, 11) is 0. The Morgan fingerprint density at radius 1 is 1.78 bits per heavy atom. The van der Waals surface area contributed by atoms with Gasteiger partial charge in [0.2, 0.25) is 0 Å². The molecule has 3 N–H and O–H groups in total. The van der Waals surface area contributed by atoms with Crippen molar-refractivity contribution in [3.05, 3.63) is 22.6 Å². The lowest BCUT2D eigenvalue weighted by Gasteiger charge is -1.95. The molecular formula is C3H5N5O. The Labute approximate surface area is 50.2 Å². The standard InChI is InChI=1S/C3H5N5O/c4-6-8-3(9)1-2-5-7-8/h1-2,6H,4H2. The van der Waals surface area contributed by atoms with E-state index in [-0.39, 0.29) is 5.56 Å². The molecule has 0 saturated carbocycles. The van der Waals surface area contributed by atoms with Crippen LogP contribution in [0.25, 0.3) is 0 Å². The maximum Gasteiger partial charge on any atom is 0.290 e. The summed E-state index contributed by atoms with van der Waals surface area (Å²) in [6, 6.07) is 1.24. The molecule has 9 heavy (non-hydrogen) atoms. The van der Waals surface area contributed by atoms with Crippen LogP contribution in [0.15, 0.2) is 17.1 Å². The van der Waals surface area contributed by atoms with E-state index in [1.54, 1.807) is 0 Å². The average molecular weight is 127 g/mol. The second-order valence-corrected chi connectivity index (χ2v) is 1.30. The Balaban J connectivity index is 3.16. The highest BCUT2D eigenvalue weighted by Gasteiger charge is 1.87. The Bertz CT molecular complexity index is 242. The van der Waals surface area contributed by atoms with Crippen LogP contribution >= 0.6 is 0 Å². The van der Waals surface area contributed by atoms with E-state index in [0.29, 0.717) is 0 Å². The Kier molecular flexibility index (Phi) is 1.41. The van der Waals surface area contributed by atoms with Gasteiger partial charge in [-0.3, -0.25) is 4.79 Å². The number of nitrogens with zero attached hydrogens (tertiary/aromatic N) is 3. The summed E-state index contributed by atoms with van der Waals surface area (Å²) in [6.45, 7) is 0. The normalized spacial score (nSPS) is 9.00. The summed E-state index contributed by atoms with van der Waals surface area (Å²) in [6.07, 6.45) is 1.29. The van der Waals surface area contributed by atoms with Gasteiger partial charge in [0.1, 0.15) is 0 Å². The highest BCUT2D eigenvalue weighted by atomic mass is 16.1. The molecule has 1 heterocycles. The van der Waals surface area contributed by atoms with Gasteiger partial charge >= 0.3 is 0 Å². The second-order valence-electron chi connectivity index (χ2n) is 1.30. The lowest BCUT2D eigenvalue weighted by atomic mass is 10.7. The first kappa shape index (κ1) is 5.70. The van der Waals surface area contributed by atoms with E-state index in [0.717, 1.165) is 4.79 Å². The van der Waals surface area contributed by atoms with Crippen LogP contribution in [0.3, 0.4) is 0 Å². The average Bonchev–Trinajstić information content (AvgIpc) is 1.89. The van der Waals surface area contributed by atoms with Crippen molar-refractivity contribution in [3.8, 4) is 0 Å². The predicted molar refractivity (Wildman–Crippen MR) is 29.8 cm³/mol. The molecule has 0 aliphatic rings. The van der Waals surface area contributed by atoms with Gasteiger partial charge in [-0.25, -0.2) is 11.4 Å². The van der Waals surface area contributed by atoms with Crippen LogP contribution in [-0.4, -0.2) is 15.1 Å².